The molecule has 0 spiro atoms. The molecule has 1 atom stereocenters. The Balaban J connectivity index is 2.54. The van der Waals surface area contributed by atoms with E-state index in [-0.39, 0.29) is 11.8 Å². The number of phenols is 1. The van der Waals surface area contributed by atoms with Gasteiger partial charge in [-0.25, -0.2) is 4.79 Å². The Morgan fingerprint density at radius 1 is 1.39 bits per heavy atom. The first kappa shape index (κ1) is 19.6. The Bertz CT molecular complexity index is 495. The molecule has 0 aliphatic rings. The lowest BCUT2D eigenvalue weighted by atomic mass is 10.1. The monoisotopic (exact) mass is 342 g/mol. The summed E-state index contributed by atoms with van der Waals surface area (Å²) in [5.74, 6) is 0.167. The molecule has 0 aliphatic carbocycles. The molecule has 0 fully saturated rings. The van der Waals surface area contributed by atoms with E-state index in [1.807, 2.05) is 20.8 Å². The van der Waals surface area contributed by atoms with E-state index in [1.54, 1.807) is 18.2 Å². The van der Waals surface area contributed by atoms with E-state index in [0.717, 1.165) is 12.8 Å². The van der Waals surface area contributed by atoms with Crippen LogP contribution in [0.25, 0.3) is 0 Å². The number of ether oxygens (including phenoxy) is 1. The molecular weight excluding hydrogens is 316 g/mol. The van der Waals surface area contributed by atoms with Crippen LogP contribution in [-0.4, -0.2) is 29.4 Å². The molecule has 23 heavy (non-hydrogen) atoms. The molecule has 0 saturated carbocycles. The highest BCUT2D eigenvalue weighted by Gasteiger charge is 2.17. The van der Waals surface area contributed by atoms with Crippen molar-refractivity contribution in [2.24, 2.45) is 0 Å². The molecule has 1 unspecified atom stereocenters. The first-order valence-corrected chi connectivity index (χ1v) is 8.27. The molecule has 1 rings (SSSR count). The van der Waals surface area contributed by atoms with Gasteiger partial charge < -0.3 is 20.5 Å². The maximum absolute atomic E-state index is 11.7. The number of carbonyl (C=O) groups is 1. The number of hydrogen-bond acceptors (Lipinski definition) is 4. The van der Waals surface area contributed by atoms with Crippen LogP contribution in [0, 0.1) is 0 Å². The van der Waals surface area contributed by atoms with Gasteiger partial charge in [0.25, 0.3) is 0 Å². The van der Waals surface area contributed by atoms with Gasteiger partial charge in [0, 0.05) is 29.7 Å². The lowest BCUT2D eigenvalue weighted by molar-refractivity contribution is 0.0521. The molecule has 0 aliphatic heterocycles. The second-order valence-electron chi connectivity index (χ2n) is 6.49. The van der Waals surface area contributed by atoms with E-state index in [9.17, 15) is 9.90 Å². The van der Waals surface area contributed by atoms with Crippen LogP contribution in [0.4, 0.5) is 4.79 Å². The van der Waals surface area contributed by atoms with E-state index in [1.165, 1.54) is 0 Å². The van der Waals surface area contributed by atoms with Crippen molar-refractivity contribution in [2.45, 2.75) is 58.7 Å². The van der Waals surface area contributed by atoms with E-state index >= 15 is 0 Å². The number of benzene rings is 1. The molecule has 130 valence electrons. The largest absolute Gasteiger partial charge is 0.508 e. The summed E-state index contributed by atoms with van der Waals surface area (Å²) in [6, 6.07) is 5.13. The predicted octanol–water partition coefficient (Wildman–Crippen LogP) is 3.83. The van der Waals surface area contributed by atoms with Crippen molar-refractivity contribution in [3.8, 4) is 5.75 Å². The van der Waals surface area contributed by atoms with Crippen molar-refractivity contribution in [3.63, 3.8) is 0 Å². The van der Waals surface area contributed by atoms with Crippen LogP contribution in [0.5, 0.6) is 5.75 Å². The molecule has 1 aromatic carbocycles. The zero-order valence-corrected chi connectivity index (χ0v) is 15.0. The van der Waals surface area contributed by atoms with Crippen molar-refractivity contribution < 1.29 is 14.6 Å². The van der Waals surface area contributed by atoms with Gasteiger partial charge >= 0.3 is 6.09 Å². The van der Waals surface area contributed by atoms with Crippen LogP contribution in [0.15, 0.2) is 18.2 Å². The molecule has 0 aromatic heterocycles. The second kappa shape index (κ2) is 8.99. The fourth-order valence-electron chi connectivity index (χ4n) is 2.11. The van der Waals surface area contributed by atoms with Crippen molar-refractivity contribution in [3.05, 3.63) is 28.8 Å². The lowest BCUT2D eigenvalue weighted by Crippen LogP contribution is -2.42. The average Bonchev–Trinajstić information content (AvgIpc) is 2.42. The number of nitrogens with one attached hydrogen (secondary N) is 2. The number of carbonyl (C=O) groups excluding carboxylic acids is 1. The summed E-state index contributed by atoms with van der Waals surface area (Å²) in [6.45, 7) is 8.45. The summed E-state index contributed by atoms with van der Waals surface area (Å²) in [7, 11) is 0. The van der Waals surface area contributed by atoms with Gasteiger partial charge in [-0.05, 0) is 39.3 Å². The minimum atomic E-state index is -0.513. The highest BCUT2D eigenvalue weighted by molar-refractivity contribution is 6.31. The maximum Gasteiger partial charge on any atom is 0.407 e. The highest BCUT2D eigenvalue weighted by Crippen LogP contribution is 2.25. The topological polar surface area (TPSA) is 70.6 Å². The number of hydrogen-bond donors (Lipinski definition) is 3. The molecular formula is C17H27ClN2O3. The fourth-order valence-corrected chi connectivity index (χ4v) is 2.35. The van der Waals surface area contributed by atoms with Crippen molar-refractivity contribution in [2.75, 3.05) is 6.54 Å². The Hall–Kier alpha value is -1.46. The zero-order valence-electron chi connectivity index (χ0n) is 14.3. The summed E-state index contributed by atoms with van der Waals surface area (Å²) in [6.07, 6.45) is 1.43. The Morgan fingerprint density at radius 3 is 2.65 bits per heavy atom. The number of amides is 1. The Morgan fingerprint density at radius 2 is 2.09 bits per heavy atom. The minimum absolute atomic E-state index is 0.0724. The van der Waals surface area contributed by atoms with Crippen LogP contribution < -0.4 is 10.6 Å². The summed E-state index contributed by atoms with van der Waals surface area (Å²) >= 11 is 6.10. The Labute approximate surface area is 143 Å². The molecule has 1 amide bonds. The van der Waals surface area contributed by atoms with Gasteiger partial charge in [-0.15, -0.1) is 0 Å². The molecule has 6 heteroatoms. The third-order valence-corrected chi connectivity index (χ3v) is 3.54. The molecule has 5 nitrogen and oxygen atoms in total. The predicted molar refractivity (Wildman–Crippen MR) is 92.9 cm³/mol. The van der Waals surface area contributed by atoms with Gasteiger partial charge in [-0.3, -0.25) is 0 Å². The van der Waals surface area contributed by atoms with Crippen molar-refractivity contribution in [1.82, 2.24) is 10.6 Å². The van der Waals surface area contributed by atoms with Crippen molar-refractivity contribution >= 4 is 17.7 Å². The van der Waals surface area contributed by atoms with Gasteiger partial charge in [0.1, 0.15) is 11.4 Å². The van der Waals surface area contributed by atoms with Gasteiger partial charge in [-0.2, -0.15) is 0 Å². The molecule has 3 N–H and O–H groups in total. The summed E-state index contributed by atoms with van der Waals surface area (Å²) in [5.41, 5.74) is 0.147. The summed E-state index contributed by atoms with van der Waals surface area (Å²) in [5, 5.41) is 16.5. The third kappa shape index (κ3) is 7.57. The van der Waals surface area contributed by atoms with Gasteiger partial charge in [0.15, 0.2) is 0 Å². The second-order valence-corrected chi connectivity index (χ2v) is 6.89. The van der Waals surface area contributed by atoms with E-state index in [0.29, 0.717) is 23.7 Å². The van der Waals surface area contributed by atoms with Crippen LogP contribution in [-0.2, 0) is 11.3 Å². The summed E-state index contributed by atoms with van der Waals surface area (Å²) < 4.78 is 5.23. The zero-order chi connectivity index (χ0) is 17.5. The first-order valence-electron chi connectivity index (χ1n) is 7.89. The van der Waals surface area contributed by atoms with Gasteiger partial charge in [0.2, 0.25) is 0 Å². The molecule has 0 bridgehead atoms. The maximum atomic E-state index is 11.7. The van der Waals surface area contributed by atoms with Crippen LogP contribution in [0.3, 0.4) is 0 Å². The molecule has 0 saturated heterocycles. The van der Waals surface area contributed by atoms with Crippen molar-refractivity contribution in [1.29, 1.82) is 0 Å². The normalized spacial score (nSPS) is 12.7. The quantitative estimate of drug-likeness (QED) is 0.704. The van der Waals surface area contributed by atoms with Crippen LogP contribution in [0.1, 0.15) is 46.1 Å². The first-order chi connectivity index (χ1) is 10.7. The van der Waals surface area contributed by atoms with E-state index in [4.69, 9.17) is 16.3 Å². The number of halogens is 1. The fraction of sp³-hybridized carbons (Fsp3) is 0.588. The van der Waals surface area contributed by atoms with E-state index in [2.05, 4.69) is 17.6 Å². The number of aromatic hydroxyl groups is 1. The van der Waals surface area contributed by atoms with Gasteiger partial charge in [0.05, 0.1) is 0 Å². The van der Waals surface area contributed by atoms with E-state index < -0.39 is 11.7 Å². The molecule has 0 heterocycles. The Kier molecular flexibility index (Phi) is 7.65. The number of phenolic OH excluding ortho intramolecular Hbond substituents is 1. The van der Waals surface area contributed by atoms with Gasteiger partial charge in [-0.1, -0.05) is 31.0 Å². The standard InChI is InChI=1S/C17H27ClN2O3/c1-5-7-12(10-20-16(22)23-17(2,3)4)19-11-13-14(18)8-6-9-15(13)21/h6,8-9,12,19,21H,5,7,10-11H2,1-4H3,(H,20,22). The van der Waals surface area contributed by atoms with Crippen LogP contribution >= 0.6 is 11.6 Å². The highest BCUT2D eigenvalue weighted by atomic mass is 35.5. The average molecular weight is 343 g/mol. The number of rotatable bonds is 7. The minimum Gasteiger partial charge on any atom is -0.508 e. The summed E-state index contributed by atoms with van der Waals surface area (Å²) in [4.78, 5) is 11.7. The van der Waals surface area contributed by atoms with Crippen LogP contribution in [0.2, 0.25) is 5.02 Å². The lowest BCUT2D eigenvalue weighted by Gasteiger charge is -2.23. The molecule has 0 radical (unpaired) electrons. The smallest absolute Gasteiger partial charge is 0.407 e. The molecule has 1 aromatic rings. The number of alkyl carbamates (subject to hydrolysis) is 1. The SMILES string of the molecule is CCCC(CNC(=O)OC(C)(C)C)NCc1c(O)cccc1Cl. The third-order valence-electron chi connectivity index (χ3n) is 3.19.